The van der Waals surface area contributed by atoms with Gasteiger partial charge in [0.15, 0.2) is 0 Å². The lowest BCUT2D eigenvalue weighted by Crippen LogP contribution is -2.09. The van der Waals surface area contributed by atoms with Gasteiger partial charge in [-0.2, -0.15) is 0 Å². The van der Waals surface area contributed by atoms with Crippen LogP contribution in [-0.4, -0.2) is 0 Å². The van der Waals surface area contributed by atoms with Crippen molar-refractivity contribution >= 4 is 60.5 Å². The van der Waals surface area contributed by atoms with E-state index in [1.807, 2.05) is 91.0 Å². The lowest BCUT2D eigenvalue weighted by molar-refractivity contribution is 0.670. The van der Waals surface area contributed by atoms with Crippen molar-refractivity contribution < 1.29 is 20.9 Å². The zero-order valence-corrected chi connectivity index (χ0v) is 30.8. The second kappa shape index (κ2) is 14.1. The fourth-order valence-corrected chi connectivity index (χ4v) is 7.71. The Hall–Kier alpha value is -7.68. The highest BCUT2D eigenvalue weighted by Crippen LogP contribution is 2.41. The lowest BCUT2D eigenvalue weighted by atomic mass is 9.95. The molecule has 0 saturated carbocycles. The van der Waals surface area contributed by atoms with Gasteiger partial charge in [-0.1, -0.05) is 176 Å². The number of rotatable bonds is 7. The SMILES string of the molecule is [2H]c1c([2H])c(N(c2c([2H])c([2H])c(-c3cccc4ccccc34)c([2H])c2[2H])c2c([2H])c([2H])c(-c3cccc4c3oc3ccccc34)c([2H])c2[2H])c([2H])c([2H])c1-c1cccc(-c2cccc3ccccc23)c1. The van der Waals surface area contributed by atoms with Gasteiger partial charge < -0.3 is 9.32 Å². The molecule has 0 aliphatic carbocycles. The van der Waals surface area contributed by atoms with Crippen molar-refractivity contribution in [2.24, 2.45) is 0 Å². The Morgan fingerprint density at radius 1 is 0.328 bits per heavy atom. The van der Waals surface area contributed by atoms with Crippen molar-refractivity contribution in [3.05, 3.63) is 224 Å². The van der Waals surface area contributed by atoms with Crippen LogP contribution < -0.4 is 4.90 Å². The predicted octanol–water partition coefficient (Wildman–Crippen LogP) is 16.0. The molecule has 2 heteroatoms. The third-order valence-corrected chi connectivity index (χ3v) is 10.5. The molecule has 0 fully saturated rings. The number of hydrogen-bond donors (Lipinski definition) is 0. The van der Waals surface area contributed by atoms with Gasteiger partial charge in [0.1, 0.15) is 11.2 Å². The van der Waals surface area contributed by atoms with Crippen LogP contribution in [-0.2, 0) is 0 Å². The molecule has 0 atom stereocenters. The van der Waals surface area contributed by atoms with Crippen LogP contribution in [0.5, 0.6) is 0 Å². The second-order valence-electron chi connectivity index (χ2n) is 13.9. The van der Waals surface area contributed by atoms with Crippen molar-refractivity contribution in [2.75, 3.05) is 4.90 Å². The molecule has 1 heterocycles. The van der Waals surface area contributed by atoms with Crippen LogP contribution in [0.15, 0.2) is 229 Å². The molecule has 0 bridgehead atoms. The van der Waals surface area contributed by atoms with Gasteiger partial charge in [-0.15, -0.1) is 0 Å². The van der Waals surface area contributed by atoms with E-state index in [-0.39, 0.29) is 22.3 Å². The summed E-state index contributed by atoms with van der Waals surface area (Å²) in [6.07, 6.45) is 0. The van der Waals surface area contributed by atoms with Crippen LogP contribution >= 0.6 is 0 Å². The van der Waals surface area contributed by atoms with E-state index in [0.717, 1.165) is 37.6 Å². The first kappa shape index (κ1) is 23.4. The van der Waals surface area contributed by atoms with Crippen molar-refractivity contribution in [1.29, 1.82) is 0 Å². The Bertz CT molecular complexity index is 3920. The number of nitrogens with zero attached hydrogens (tertiary/aromatic N) is 1. The molecule has 58 heavy (non-hydrogen) atoms. The Labute approximate surface area is 354 Å². The average Bonchev–Trinajstić information content (AvgIpc) is 3.77. The molecule has 272 valence electrons. The zero-order valence-electron chi connectivity index (χ0n) is 42.8. The van der Waals surface area contributed by atoms with Crippen LogP contribution in [0.4, 0.5) is 17.1 Å². The predicted molar refractivity (Wildman–Crippen MR) is 245 cm³/mol. The first-order valence-corrected chi connectivity index (χ1v) is 18.9. The summed E-state index contributed by atoms with van der Waals surface area (Å²) in [5, 5.41) is 4.88. The first-order valence-electron chi connectivity index (χ1n) is 24.9. The topological polar surface area (TPSA) is 16.4 Å². The van der Waals surface area contributed by atoms with E-state index >= 15 is 0 Å². The second-order valence-corrected chi connectivity index (χ2v) is 13.9. The molecule has 0 saturated heterocycles. The molecule has 0 N–H and O–H groups in total. The summed E-state index contributed by atoms with van der Waals surface area (Å²) in [4.78, 5) is 0.844. The van der Waals surface area contributed by atoms with Crippen LogP contribution in [0.2, 0.25) is 0 Å². The lowest BCUT2D eigenvalue weighted by Gasteiger charge is -2.26. The minimum absolute atomic E-state index is 0.0506. The van der Waals surface area contributed by atoms with Crippen molar-refractivity contribution in [2.45, 2.75) is 0 Å². The maximum atomic E-state index is 9.68. The smallest absolute Gasteiger partial charge is 0.143 e. The van der Waals surface area contributed by atoms with Crippen molar-refractivity contribution in [1.82, 2.24) is 0 Å². The van der Waals surface area contributed by atoms with Gasteiger partial charge in [-0.05, 0) is 109 Å². The number of benzene rings is 10. The number of furan rings is 1. The van der Waals surface area contributed by atoms with Gasteiger partial charge in [-0.3, -0.25) is 0 Å². The average molecular weight is 752 g/mol. The van der Waals surface area contributed by atoms with Crippen LogP contribution in [0.1, 0.15) is 16.4 Å². The Morgan fingerprint density at radius 3 is 1.40 bits per heavy atom. The molecule has 0 spiro atoms. The largest absolute Gasteiger partial charge is 0.455 e. The number of para-hydroxylation sites is 2. The minimum Gasteiger partial charge on any atom is -0.455 e. The van der Waals surface area contributed by atoms with Gasteiger partial charge in [0.25, 0.3) is 0 Å². The highest BCUT2D eigenvalue weighted by molar-refractivity contribution is 6.09. The quantitative estimate of drug-likeness (QED) is 0.161. The first-order chi connectivity index (χ1) is 33.8. The molecular formula is C56H37NO. The molecule has 1 aromatic heterocycles. The van der Waals surface area contributed by atoms with E-state index < -0.39 is 89.6 Å². The molecule has 0 unspecified atom stereocenters. The summed E-state index contributed by atoms with van der Waals surface area (Å²) >= 11 is 0. The monoisotopic (exact) mass is 751 g/mol. The summed E-state index contributed by atoms with van der Waals surface area (Å²) in [5.41, 5.74) is 1.47. The summed E-state index contributed by atoms with van der Waals surface area (Å²) in [7, 11) is 0. The van der Waals surface area contributed by atoms with Crippen molar-refractivity contribution in [3.8, 4) is 44.5 Å². The molecule has 11 rings (SSSR count). The highest BCUT2D eigenvalue weighted by atomic mass is 16.3. The summed E-state index contributed by atoms with van der Waals surface area (Å²) < 4.78 is 121. The van der Waals surface area contributed by atoms with E-state index in [1.54, 1.807) is 60.7 Å². The van der Waals surface area contributed by atoms with E-state index in [2.05, 4.69) is 0 Å². The van der Waals surface area contributed by atoms with Gasteiger partial charge >= 0.3 is 0 Å². The fourth-order valence-electron chi connectivity index (χ4n) is 7.71. The summed E-state index contributed by atoms with van der Waals surface area (Å²) in [5.74, 6) is 0. The zero-order chi connectivity index (χ0) is 48.9. The molecule has 11 aromatic rings. The van der Waals surface area contributed by atoms with Gasteiger partial charge in [0, 0.05) is 33.4 Å². The molecule has 2 nitrogen and oxygen atoms in total. The number of fused-ring (bicyclic) bond motifs is 5. The van der Waals surface area contributed by atoms with Gasteiger partial charge in [0.2, 0.25) is 0 Å². The molecule has 0 amide bonds. The standard InChI is InChI=1S/C56H37NO/c1-3-17-48-39(11-1)13-8-20-50(48)41-27-33-46(34-28-41)57(47-35-29-42(30-36-47)52-22-10-23-54-53-19-5-6-24-55(53)58-56(52)54)45-31-25-38(26-32-45)43-15-7-16-44(37-43)51-21-9-14-40-12-2-4-18-49(40)51/h1-37H/i25D,26D,27D,28D,29D,30D,31D,32D,33D,34D,35D,36D. The van der Waals surface area contributed by atoms with Gasteiger partial charge in [-0.25, -0.2) is 0 Å². The fraction of sp³-hybridized carbons (Fsp3) is 0. The molecule has 0 aliphatic heterocycles. The highest BCUT2D eigenvalue weighted by Gasteiger charge is 2.17. The molecule has 0 radical (unpaired) electrons. The normalized spacial score (nSPS) is 14.3. The third-order valence-electron chi connectivity index (χ3n) is 10.5. The van der Waals surface area contributed by atoms with Crippen LogP contribution in [0.3, 0.4) is 0 Å². The van der Waals surface area contributed by atoms with Gasteiger partial charge in [0.05, 0.1) is 16.4 Å². The Morgan fingerprint density at radius 2 is 0.759 bits per heavy atom. The van der Waals surface area contributed by atoms with E-state index in [4.69, 9.17) is 4.42 Å². The molecule has 10 aromatic carbocycles. The summed E-state index contributed by atoms with van der Waals surface area (Å²) in [6, 6.07) is 38.6. The molecular weight excluding hydrogens is 703 g/mol. The number of anilines is 3. The Balaban J connectivity index is 1.18. The van der Waals surface area contributed by atoms with E-state index in [9.17, 15) is 16.4 Å². The maximum Gasteiger partial charge on any atom is 0.143 e. The van der Waals surface area contributed by atoms with Crippen molar-refractivity contribution in [3.63, 3.8) is 0 Å². The minimum atomic E-state index is -0.706. The number of hydrogen-bond acceptors (Lipinski definition) is 2. The third kappa shape index (κ3) is 5.91. The van der Waals surface area contributed by atoms with Crippen LogP contribution in [0.25, 0.3) is 88.0 Å². The van der Waals surface area contributed by atoms with Crippen LogP contribution in [0, 0.1) is 0 Å². The van der Waals surface area contributed by atoms with E-state index in [1.165, 1.54) is 0 Å². The summed E-state index contributed by atoms with van der Waals surface area (Å²) in [6.45, 7) is 0. The molecule has 0 aliphatic rings. The Kier molecular flexibility index (Phi) is 5.70. The maximum absolute atomic E-state index is 9.68. The van der Waals surface area contributed by atoms with E-state index in [0.29, 0.717) is 33.1 Å².